The zero-order chi connectivity index (χ0) is 14.3. The predicted molar refractivity (Wildman–Crippen MR) is 91.0 cm³/mol. The molecule has 0 aliphatic rings. The van der Waals surface area contributed by atoms with Crippen LogP contribution in [0.1, 0.15) is 5.82 Å². The van der Waals surface area contributed by atoms with Crippen molar-refractivity contribution in [2.24, 2.45) is 0 Å². The molecule has 0 atom stereocenters. The summed E-state index contributed by atoms with van der Waals surface area (Å²) in [6.45, 7) is 0. The van der Waals surface area contributed by atoms with Crippen molar-refractivity contribution in [3.05, 3.63) is 56.1 Å². The van der Waals surface area contributed by atoms with E-state index in [9.17, 15) is 4.39 Å². The van der Waals surface area contributed by atoms with Crippen LogP contribution in [0.5, 0.6) is 0 Å². The topological polar surface area (TPSA) is 17.8 Å². The monoisotopic (exact) mass is 464 g/mol. The van der Waals surface area contributed by atoms with Crippen LogP contribution in [0.25, 0.3) is 16.7 Å². The molecule has 2 aromatic carbocycles. The highest BCUT2D eigenvalue weighted by Gasteiger charge is 2.14. The Morgan fingerprint density at radius 2 is 2.05 bits per heavy atom. The van der Waals surface area contributed by atoms with Crippen molar-refractivity contribution in [1.82, 2.24) is 9.55 Å². The van der Waals surface area contributed by atoms with Crippen LogP contribution in [0.15, 0.2) is 40.9 Å². The lowest BCUT2D eigenvalue weighted by Gasteiger charge is -2.10. The van der Waals surface area contributed by atoms with Gasteiger partial charge in [0.05, 0.1) is 22.6 Å². The average molecular weight is 465 g/mol. The first-order valence-corrected chi connectivity index (χ1v) is 8.19. The summed E-state index contributed by atoms with van der Waals surface area (Å²) in [5, 5.41) is 0. The van der Waals surface area contributed by atoms with E-state index in [1.54, 1.807) is 6.07 Å². The highest BCUT2D eigenvalue weighted by atomic mass is 127. The highest BCUT2D eigenvalue weighted by molar-refractivity contribution is 14.1. The Balaban J connectivity index is 2.36. The van der Waals surface area contributed by atoms with Crippen molar-refractivity contribution in [2.75, 3.05) is 0 Å². The van der Waals surface area contributed by atoms with Gasteiger partial charge in [0, 0.05) is 8.04 Å². The lowest BCUT2D eigenvalue weighted by Crippen LogP contribution is -2.02. The molecule has 6 heteroatoms. The zero-order valence-corrected chi connectivity index (χ0v) is 14.6. The molecule has 0 spiro atoms. The molecule has 0 fully saturated rings. The molecule has 0 unspecified atom stereocenters. The minimum absolute atomic E-state index is 0.254. The van der Waals surface area contributed by atoms with Crippen LogP contribution in [-0.4, -0.2) is 9.55 Å². The molecule has 0 saturated heterocycles. The molecule has 0 aliphatic carbocycles. The van der Waals surface area contributed by atoms with Gasteiger partial charge in [0.1, 0.15) is 11.6 Å². The van der Waals surface area contributed by atoms with Gasteiger partial charge in [0.15, 0.2) is 0 Å². The van der Waals surface area contributed by atoms with Crippen LogP contribution in [0.3, 0.4) is 0 Å². The number of imidazole rings is 1. The van der Waals surface area contributed by atoms with Gasteiger partial charge < -0.3 is 0 Å². The summed E-state index contributed by atoms with van der Waals surface area (Å²) in [6, 6.07) is 10.5. The van der Waals surface area contributed by atoms with Crippen molar-refractivity contribution in [3.63, 3.8) is 0 Å². The fourth-order valence-corrected chi connectivity index (χ4v) is 3.37. The van der Waals surface area contributed by atoms with E-state index in [4.69, 9.17) is 11.6 Å². The fourth-order valence-electron chi connectivity index (χ4n) is 2.12. The van der Waals surface area contributed by atoms with Gasteiger partial charge in [-0.05, 0) is 59.0 Å². The normalized spacial score (nSPS) is 11.2. The molecule has 0 radical (unpaired) electrons. The molecule has 0 bridgehead atoms. The Labute approximate surface area is 142 Å². The maximum absolute atomic E-state index is 13.3. The molecule has 0 N–H and O–H groups in total. The molecule has 2 nitrogen and oxygen atoms in total. The number of alkyl halides is 1. The first-order valence-electron chi connectivity index (χ1n) is 5.78. The van der Waals surface area contributed by atoms with Crippen LogP contribution in [-0.2, 0) is 5.88 Å². The van der Waals surface area contributed by atoms with E-state index in [1.807, 2.05) is 22.8 Å². The van der Waals surface area contributed by atoms with Crippen molar-refractivity contribution in [3.8, 4) is 5.69 Å². The first kappa shape index (κ1) is 14.3. The Kier molecular flexibility index (Phi) is 4.01. The third-order valence-electron chi connectivity index (χ3n) is 2.96. The molecule has 3 aromatic rings. The average Bonchev–Trinajstić information content (AvgIpc) is 2.76. The summed E-state index contributed by atoms with van der Waals surface area (Å²) in [5.41, 5.74) is 2.69. The van der Waals surface area contributed by atoms with Crippen LogP contribution in [0, 0.1) is 9.39 Å². The number of hydrogen-bond acceptors (Lipinski definition) is 1. The Hall–Kier alpha value is -0.660. The van der Waals surface area contributed by atoms with Crippen molar-refractivity contribution >= 4 is 61.2 Å². The van der Waals surface area contributed by atoms with E-state index in [0.29, 0.717) is 5.88 Å². The molecule has 1 heterocycles. The number of nitrogens with zero attached hydrogens (tertiary/aromatic N) is 2. The number of halogens is 4. The van der Waals surface area contributed by atoms with Crippen LogP contribution < -0.4 is 0 Å². The Bertz CT molecular complexity index is 803. The Morgan fingerprint density at radius 1 is 1.25 bits per heavy atom. The summed E-state index contributed by atoms with van der Waals surface area (Å²) in [7, 11) is 0. The molecular formula is C14H8BrClFIN2. The number of benzene rings is 2. The van der Waals surface area contributed by atoms with Gasteiger partial charge in [0.25, 0.3) is 0 Å². The van der Waals surface area contributed by atoms with Gasteiger partial charge in [-0.25, -0.2) is 9.37 Å². The second kappa shape index (κ2) is 5.61. The van der Waals surface area contributed by atoms with Crippen LogP contribution in [0.4, 0.5) is 4.39 Å². The zero-order valence-electron chi connectivity index (χ0n) is 10.1. The summed E-state index contributed by atoms with van der Waals surface area (Å²) < 4.78 is 17.0. The molecule has 102 valence electrons. The van der Waals surface area contributed by atoms with Crippen LogP contribution >= 0.6 is 50.1 Å². The SMILES string of the molecule is Fc1ccc(-n2c(CCl)nc3ccc(Br)cc32)c(I)c1. The molecular weight excluding hydrogens is 457 g/mol. The van der Waals surface area contributed by atoms with Crippen molar-refractivity contribution in [2.45, 2.75) is 5.88 Å². The maximum Gasteiger partial charge on any atom is 0.129 e. The molecule has 0 amide bonds. The third-order valence-corrected chi connectivity index (χ3v) is 4.55. The second-order valence-corrected chi connectivity index (χ2v) is 6.57. The van der Waals surface area contributed by atoms with Gasteiger partial charge in [-0.1, -0.05) is 15.9 Å². The predicted octanol–water partition coefficient (Wildman–Crippen LogP) is 5.27. The molecule has 0 aliphatic heterocycles. The smallest absolute Gasteiger partial charge is 0.129 e. The highest BCUT2D eigenvalue weighted by Crippen LogP contribution is 2.28. The van der Waals surface area contributed by atoms with E-state index in [-0.39, 0.29) is 5.82 Å². The van der Waals surface area contributed by atoms with E-state index in [1.165, 1.54) is 12.1 Å². The number of hydrogen-bond donors (Lipinski definition) is 0. The molecule has 20 heavy (non-hydrogen) atoms. The van der Waals surface area contributed by atoms with Crippen molar-refractivity contribution in [1.29, 1.82) is 0 Å². The van der Waals surface area contributed by atoms with Gasteiger partial charge in [0.2, 0.25) is 0 Å². The number of aromatic nitrogens is 2. The number of fused-ring (bicyclic) bond motifs is 1. The fraction of sp³-hybridized carbons (Fsp3) is 0.0714. The Morgan fingerprint density at radius 3 is 2.75 bits per heavy atom. The van der Waals surface area contributed by atoms with Gasteiger partial charge in [-0.3, -0.25) is 4.57 Å². The number of rotatable bonds is 2. The lowest BCUT2D eigenvalue weighted by atomic mass is 10.2. The second-order valence-electron chi connectivity index (χ2n) is 4.23. The van der Waals surface area contributed by atoms with Gasteiger partial charge in [-0.2, -0.15) is 0 Å². The summed E-state index contributed by atoms with van der Waals surface area (Å²) >= 11 is 11.6. The third kappa shape index (κ3) is 2.46. The quantitative estimate of drug-likeness (QED) is 0.373. The molecule has 0 saturated carbocycles. The van der Waals surface area contributed by atoms with Crippen molar-refractivity contribution < 1.29 is 4.39 Å². The first-order chi connectivity index (χ1) is 9.60. The van der Waals surface area contributed by atoms with Gasteiger partial charge in [-0.15, -0.1) is 11.6 Å². The van der Waals surface area contributed by atoms with Crippen LogP contribution in [0.2, 0.25) is 0 Å². The standard InChI is InChI=1S/C14H8BrClFIN2/c15-8-1-3-11-13(5-8)20(14(7-16)19-11)12-4-2-9(17)6-10(12)18/h1-6H,7H2. The minimum Gasteiger partial charge on any atom is -0.294 e. The maximum atomic E-state index is 13.3. The minimum atomic E-state index is -0.254. The summed E-state index contributed by atoms with van der Waals surface area (Å²) in [6.07, 6.45) is 0. The summed E-state index contributed by atoms with van der Waals surface area (Å²) in [4.78, 5) is 4.53. The van der Waals surface area contributed by atoms with E-state index in [2.05, 4.69) is 43.5 Å². The van der Waals surface area contributed by atoms with E-state index < -0.39 is 0 Å². The van der Waals surface area contributed by atoms with Gasteiger partial charge >= 0.3 is 0 Å². The lowest BCUT2D eigenvalue weighted by molar-refractivity contribution is 0.626. The molecule has 1 aromatic heterocycles. The van der Waals surface area contributed by atoms with E-state index >= 15 is 0 Å². The molecule has 3 rings (SSSR count). The van der Waals surface area contributed by atoms with E-state index in [0.717, 1.165) is 30.6 Å². The summed E-state index contributed by atoms with van der Waals surface area (Å²) in [5.74, 6) is 0.778. The largest absolute Gasteiger partial charge is 0.294 e.